The van der Waals surface area contributed by atoms with Crippen molar-refractivity contribution in [2.24, 2.45) is 0 Å². The molecule has 0 amide bonds. The first-order chi connectivity index (χ1) is 16.7. The van der Waals surface area contributed by atoms with E-state index >= 15 is 0 Å². The van der Waals surface area contributed by atoms with E-state index in [1.54, 1.807) is 16.7 Å². The molecule has 0 radical (unpaired) electrons. The molecule has 4 rings (SSSR count). The number of benzene rings is 3. The fraction of sp³-hybridized carbons (Fsp3) is 0.179. The maximum Gasteiger partial charge on any atom is 0.240 e. The molecule has 1 aromatic heterocycles. The molecule has 0 aliphatic heterocycles. The Bertz CT molecular complexity index is 1330. The van der Waals surface area contributed by atoms with Gasteiger partial charge in [0.1, 0.15) is 16.9 Å². The summed E-state index contributed by atoms with van der Waals surface area (Å²) in [6, 6.07) is 28.0. The van der Waals surface area contributed by atoms with Crippen molar-refractivity contribution in [1.29, 1.82) is 5.26 Å². The third-order valence-electron chi connectivity index (χ3n) is 5.81. The van der Waals surface area contributed by atoms with E-state index in [2.05, 4.69) is 51.1 Å². The topological polar surface area (TPSA) is 38.0 Å². The highest BCUT2D eigenvalue weighted by atomic mass is 35.5. The lowest BCUT2D eigenvalue weighted by Crippen LogP contribution is -2.44. The molecule has 35 heavy (non-hydrogen) atoms. The van der Waals surface area contributed by atoms with Gasteiger partial charge in [0.2, 0.25) is 9.04 Å². The molecule has 178 valence electrons. The van der Waals surface area contributed by atoms with Gasteiger partial charge in [-0.1, -0.05) is 116 Å². The van der Waals surface area contributed by atoms with Crippen LogP contribution < -0.4 is 10.4 Å². The van der Waals surface area contributed by atoms with E-state index in [1.807, 2.05) is 42.5 Å². The minimum absolute atomic E-state index is 0.299. The van der Waals surface area contributed by atoms with Crippen molar-refractivity contribution in [3.63, 3.8) is 0 Å². The molecule has 4 aromatic rings. The fourth-order valence-corrected chi connectivity index (χ4v) is 7.72. The van der Waals surface area contributed by atoms with Gasteiger partial charge in [-0.15, -0.1) is 0 Å². The lowest BCUT2D eigenvalue weighted by molar-refractivity contribution is 0.321. The number of rotatable bonds is 6. The second kappa shape index (κ2) is 10.6. The number of halogens is 3. The van der Waals surface area contributed by atoms with Gasteiger partial charge in [-0.3, -0.25) is 4.57 Å². The highest BCUT2D eigenvalue weighted by Gasteiger charge is 2.28. The average molecular weight is 540 g/mol. The van der Waals surface area contributed by atoms with Crippen molar-refractivity contribution in [3.05, 3.63) is 111 Å². The van der Waals surface area contributed by atoms with Gasteiger partial charge in [0, 0.05) is 0 Å². The van der Waals surface area contributed by atoms with Crippen LogP contribution in [0.2, 0.25) is 15.2 Å². The van der Waals surface area contributed by atoms with Crippen LogP contribution >= 0.6 is 34.8 Å². The maximum atomic E-state index is 9.65. The van der Waals surface area contributed by atoms with E-state index in [0.29, 0.717) is 33.2 Å². The number of aromatic nitrogens is 1. The van der Waals surface area contributed by atoms with Gasteiger partial charge in [-0.05, 0) is 45.1 Å². The van der Waals surface area contributed by atoms with Gasteiger partial charge in [0.05, 0.1) is 22.3 Å². The first-order valence-corrected chi connectivity index (χ1v) is 14.0. The van der Waals surface area contributed by atoms with E-state index in [4.69, 9.17) is 39.2 Å². The summed E-state index contributed by atoms with van der Waals surface area (Å²) in [5.74, 6) is 0. The van der Waals surface area contributed by atoms with Crippen LogP contribution in [0.3, 0.4) is 0 Å². The van der Waals surface area contributed by atoms with Crippen LogP contribution in [-0.4, -0.2) is 13.6 Å². The Morgan fingerprint density at radius 3 is 1.94 bits per heavy atom. The van der Waals surface area contributed by atoms with Gasteiger partial charge < -0.3 is 4.43 Å². The first kappa shape index (κ1) is 25.6. The molecular weight excluding hydrogens is 515 g/mol. The molecule has 7 heteroatoms. The van der Waals surface area contributed by atoms with Crippen molar-refractivity contribution in [1.82, 2.24) is 4.57 Å². The second-order valence-corrected chi connectivity index (χ2v) is 12.9. The minimum atomic E-state index is -1.99. The van der Waals surface area contributed by atoms with E-state index in [-0.39, 0.29) is 5.41 Å². The second-order valence-electron chi connectivity index (χ2n) is 9.31. The molecule has 3 aromatic carbocycles. The SMILES string of the molecule is CC(C)(C)c1c(Cl)c(CO[SiH](c2ccccc2)c2ccccc2)cc(-n2c(Cl)ccc2C#N)c1Cl. The summed E-state index contributed by atoms with van der Waals surface area (Å²) in [7, 11) is -1.99. The van der Waals surface area contributed by atoms with Crippen molar-refractivity contribution >= 4 is 54.2 Å². The van der Waals surface area contributed by atoms with Crippen molar-refractivity contribution < 1.29 is 4.43 Å². The molecule has 0 saturated carbocycles. The molecule has 0 aliphatic rings. The summed E-state index contributed by atoms with van der Waals surface area (Å²) in [6.07, 6.45) is 0. The Morgan fingerprint density at radius 1 is 0.857 bits per heavy atom. The van der Waals surface area contributed by atoms with Gasteiger partial charge in [0.15, 0.2) is 0 Å². The lowest BCUT2D eigenvalue weighted by Gasteiger charge is -2.27. The fourth-order valence-electron chi connectivity index (χ4n) is 4.16. The van der Waals surface area contributed by atoms with Crippen LogP contribution in [-0.2, 0) is 16.4 Å². The minimum Gasteiger partial charge on any atom is -0.407 e. The quantitative estimate of drug-likeness (QED) is 0.257. The van der Waals surface area contributed by atoms with Crippen LogP contribution in [0.4, 0.5) is 0 Å². The molecule has 1 heterocycles. The molecule has 0 bridgehead atoms. The molecule has 0 saturated heterocycles. The van der Waals surface area contributed by atoms with Crippen LogP contribution in [0.15, 0.2) is 78.9 Å². The summed E-state index contributed by atoms with van der Waals surface area (Å²) in [5.41, 5.74) is 2.26. The third-order valence-corrected chi connectivity index (χ3v) is 9.40. The molecule has 0 atom stereocenters. The zero-order chi connectivity index (χ0) is 25.2. The zero-order valence-corrected chi connectivity index (χ0v) is 23.1. The maximum absolute atomic E-state index is 9.65. The summed E-state index contributed by atoms with van der Waals surface area (Å²) in [6.45, 7) is 6.47. The predicted octanol–water partition coefficient (Wildman–Crippen LogP) is 6.66. The Hall–Kier alpha value is -2.52. The third kappa shape index (κ3) is 5.35. The largest absolute Gasteiger partial charge is 0.407 e. The van der Waals surface area contributed by atoms with Crippen LogP contribution in [0.25, 0.3) is 5.69 Å². The molecule has 0 N–H and O–H groups in total. The molecule has 0 fully saturated rings. The Morgan fingerprint density at radius 2 is 1.43 bits per heavy atom. The van der Waals surface area contributed by atoms with Crippen LogP contribution in [0.1, 0.15) is 37.6 Å². The number of hydrogen-bond donors (Lipinski definition) is 0. The highest BCUT2D eigenvalue weighted by molar-refractivity contribution is 6.80. The van der Waals surface area contributed by atoms with Crippen LogP contribution in [0, 0.1) is 11.3 Å². The Labute approximate surface area is 223 Å². The molecule has 0 aliphatic carbocycles. The average Bonchev–Trinajstić information content (AvgIpc) is 3.21. The normalized spacial score (nSPS) is 11.6. The predicted molar refractivity (Wildman–Crippen MR) is 148 cm³/mol. The van der Waals surface area contributed by atoms with Gasteiger partial charge >= 0.3 is 0 Å². The first-order valence-electron chi connectivity index (χ1n) is 11.2. The standard InChI is InChI=1S/C28H25Cl3N2OSi/c1-28(2,3)25-26(30)19(16-23(27(25)31)33-20(17-32)14-15-24(33)29)18-34-35(21-10-6-4-7-11-21)22-12-8-5-9-13-22/h4-16,35H,18H2,1-3H3. The van der Waals surface area contributed by atoms with Gasteiger partial charge in [-0.2, -0.15) is 5.26 Å². The van der Waals surface area contributed by atoms with E-state index in [0.717, 1.165) is 11.1 Å². The summed E-state index contributed by atoms with van der Waals surface area (Å²) < 4.78 is 8.31. The highest BCUT2D eigenvalue weighted by Crippen LogP contribution is 2.42. The molecule has 3 nitrogen and oxygen atoms in total. The van der Waals surface area contributed by atoms with Crippen molar-refractivity contribution in [2.75, 3.05) is 0 Å². The Balaban J connectivity index is 1.82. The molecular formula is C28H25Cl3N2OSi. The van der Waals surface area contributed by atoms with E-state index in [9.17, 15) is 5.26 Å². The van der Waals surface area contributed by atoms with E-state index < -0.39 is 9.04 Å². The molecule has 0 unspecified atom stereocenters. The zero-order valence-electron chi connectivity index (χ0n) is 19.7. The lowest BCUT2D eigenvalue weighted by atomic mass is 9.85. The Kier molecular flexibility index (Phi) is 7.76. The van der Waals surface area contributed by atoms with Crippen LogP contribution in [0.5, 0.6) is 0 Å². The number of nitrogens with zero attached hydrogens (tertiary/aromatic N) is 2. The van der Waals surface area contributed by atoms with Crippen molar-refractivity contribution in [3.8, 4) is 11.8 Å². The molecule has 0 spiro atoms. The smallest absolute Gasteiger partial charge is 0.240 e. The number of nitriles is 1. The van der Waals surface area contributed by atoms with Gasteiger partial charge in [0.25, 0.3) is 0 Å². The summed E-state index contributed by atoms with van der Waals surface area (Å²) in [4.78, 5) is 0. The summed E-state index contributed by atoms with van der Waals surface area (Å²) in [5, 5.41) is 13.5. The monoisotopic (exact) mass is 538 g/mol. The number of hydrogen-bond acceptors (Lipinski definition) is 2. The van der Waals surface area contributed by atoms with E-state index in [1.165, 1.54) is 10.4 Å². The van der Waals surface area contributed by atoms with Crippen molar-refractivity contribution in [2.45, 2.75) is 32.8 Å². The van der Waals surface area contributed by atoms with Gasteiger partial charge in [-0.25, -0.2) is 0 Å². The summed E-state index contributed by atoms with van der Waals surface area (Å²) >= 11 is 20.3.